The second-order valence-corrected chi connectivity index (χ2v) is 7.00. The number of aromatic nitrogens is 1. The molecular formula is C18H24N2. The number of nitrogens with zero attached hydrogens (tertiary/aromatic N) is 1. The number of fused-ring (bicyclic) bond motifs is 1. The van der Waals surface area contributed by atoms with Crippen molar-refractivity contribution in [3.05, 3.63) is 42.1 Å². The summed E-state index contributed by atoms with van der Waals surface area (Å²) in [6.07, 6.45) is 4.54. The SMILES string of the molecule is CC(C)(C)NCC1CCC1c1cccc2cccnc12. The van der Waals surface area contributed by atoms with Gasteiger partial charge in [0.15, 0.2) is 0 Å². The van der Waals surface area contributed by atoms with Gasteiger partial charge in [-0.05, 0) is 63.6 Å². The van der Waals surface area contributed by atoms with Gasteiger partial charge in [-0.25, -0.2) is 0 Å². The summed E-state index contributed by atoms with van der Waals surface area (Å²) in [5, 5.41) is 4.91. The van der Waals surface area contributed by atoms with Crippen molar-refractivity contribution in [3.63, 3.8) is 0 Å². The fourth-order valence-corrected chi connectivity index (χ4v) is 3.09. The lowest BCUT2D eigenvalue weighted by atomic mass is 9.69. The Morgan fingerprint density at radius 3 is 2.65 bits per heavy atom. The number of benzene rings is 1. The Labute approximate surface area is 121 Å². The minimum absolute atomic E-state index is 0.206. The highest BCUT2D eigenvalue weighted by Gasteiger charge is 2.33. The average Bonchev–Trinajstić information content (AvgIpc) is 2.37. The van der Waals surface area contributed by atoms with Crippen LogP contribution in [0.25, 0.3) is 10.9 Å². The van der Waals surface area contributed by atoms with Crippen molar-refractivity contribution in [2.24, 2.45) is 5.92 Å². The van der Waals surface area contributed by atoms with E-state index in [1.54, 1.807) is 0 Å². The number of rotatable bonds is 3. The topological polar surface area (TPSA) is 24.9 Å². The third kappa shape index (κ3) is 2.71. The van der Waals surface area contributed by atoms with E-state index in [2.05, 4.69) is 55.3 Å². The van der Waals surface area contributed by atoms with Crippen LogP contribution < -0.4 is 5.32 Å². The lowest BCUT2D eigenvalue weighted by Gasteiger charge is -2.39. The van der Waals surface area contributed by atoms with E-state index in [1.165, 1.54) is 29.3 Å². The normalized spacial score (nSPS) is 22.8. The van der Waals surface area contributed by atoms with Gasteiger partial charge in [-0.15, -0.1) is 0 Å². The van der Waals surface area contributed by atoms with Gasteiger partial charge < -0.3 is 5.32 Å². The highest BCUT2D eigenvalue weighted by atomic mass is 14.9. The summed E-state index contributed by atoms with van der Waals surface area (Å²) in [6, 6.07) is 10.8. The lowest BCUT2D eigenvalue weighted by molar-refractivity contribution is 0.227. The molecule has 2 unspecified atom stereocenters. The van der Waals surface area contributed by atoms with Crippen LogP contribution in [0.2, 0.25) is 0 Å². The zero-order valence-corrected chi connectivity index (χ0v) is 12.7. The quantitative estimate of drug-likeness (QED) is 0.906. The van der Waals surface area contributed by atoms with Crippen molar-refractivity contribution >= 4 is 10.9 Å². The first-order chi connectivity index (χ1) is 9.54. The van der Waals surface area contributed by atoms with Crippen molar-refractivity contribution in [2.45, 2.75) is 45.1 Å². The van der Waals surface area contributed by atoms with E-state index >= 15 is 0 Å². The molecule has 106 valence electrons. The van der Waals surface area contributed by atoms with Crippen molar-refractivity contribution in [1.82, 2.24) is 10.3 Å². The van der Waals surface area contributed by atoms with Crippen molar-refractivity contribution in [1.29, 1.82) is 0 Å². The summed E-state index contributed by atoms with van der Waals surface area (Å²) in [5.74, 6) is 1.42. The fraction of sp³-hybridized carbons (Fsp3) is 0.500. The first kappa shape index (κ1) is 13.6. The molecule has 1 heterocycles. The number of nitrogens with one attached hydrogen (secondary N) is 1. The van der Waals surface area contributed by atoms with Crippen molar-refractivity contribution < 1.29 is 0 Å². The predicted octanol–water partition coefficient (Wildman–Crippen LogP) is 4.12. The zero-order chi connectivity index (χ0) is 14.2. The molecule has 0 radical (unpaired) electrons. The Bertz CT molecular complexity index is 592. The largest absolute Gasteiger partial charge is 0.312 e. The summed E-state index contributed by atoms with van der Waals surface area (Å²) >= 11 is 0. The van der Waals surface area contributed by atoms with E-state index in [0.717, 1.165) is 12.5 Å². The average molecular weight is 268 g/mol. The molecule has 2 aromatic rings. The monoisotopic (exact) mass is 268 g/mol. The van der Waals surface area contributed by atoms with Gasteiger partial charge in [0, 0.05) is 17.1 Å². The summed E-state index contributed by atoms with van der Waals surface area (Å²) < 4.78 is 0. The summed E-state index contributed by atoms with van der Waals surface area (Å²) in [6.45, 7) is 7.82. The molecule has 1 N–H and O–H groups in total. The van der Waals surface area contributed by atoms with Crippen molar-refractivity contribution in [3.8, 4) is 0 Å². The van der Waals surface area contributed by atoms with E-state index in [1.807, 2.05) is 12.3 Å². The van der Waals surface area contributed by atoms with Crippen molar-refractivity contribution in [2.75, 3.05) is 6.54 Å². The molecular weight excluding hydrogens is 244 g/mol. The number of hydrogen-bond donors (Lipinski definition) is 1. The molecule has 2 atom stereocenters. The van der Waals surface area contributed by atoms with Gasteiger partial charge >= 0.3 is 0 Å². The molecule has 0 amide bonds. The second kappa shape index (κ2) is 5.17. The Hall–Kier alpha value is -1.41. The van der Waals surface area contributed by atoms with Crippen LogP contribution >= 0.6 is 0 Å². The second-order valence-electron chi connectivity index (χ2n) is 7.00. The van der Waals surface area contributed by atoms with Gasteiger partial charge in [0.05, 0.1) is 5.52 Å². The van der Waals surface area contributed by atoms with Gasteiger partial charge in [0.1, 0.15) is 0 Å². The van der Waals surface area contributed by atoms with Gasteiger partial charge in [-0.2, -0.15) is 0 Å². The molecule has 20 heavy (non-hydrogen) atoms. The third-order valence-electron chi connectivity index (χ3n) is 4.38. The highest BCUT2D eigenvalue weighted by Crippen LogP contribution is 2.44. The summed E-state index contributed by atoms with van der Waals surface area (Å²) in [5.41, 5.74) is 2.84. The maximum atomic E-state index is 4.61. The molecule has 1 aliphatic rings. The number of pyridine rings is 1. The molecule has 1 saturated carbocycles. The van der Waals surface area contributed by atoms with Crippen LogP contribution in [0.4, 0.5) is 0 Å². The van der Waals surface area contributed by atoms with Crippen LogP contribution in [0.3, 0.4) is 0 Å². The molecule has 1 aromatic heterocycles. The van der Waals surface area contributed by atoms with E-state index in [9.17, 15) is 0 Å². The number of hydrogen-bond acceptors (Lipinski definition) is 2. The zero-order valence-electron chi connectivity index (χ0n) is 12.7. The number of para-hydroxylation sites is 1. The van der Waals surface area contributed by atoms with Crippen LogP contribution in [-0.2, 0) is 0 Å². The Morgan fingerprint density at radius 2 is 1.95 bits per heavy atom. The minimum Gasteiger partial charge on any atom is -0.312 e. The van der Waals surface area contributed by atoms with E-state index in [-0.39, 0.29) is 5.54 Å². The standard InChI is InChI=1S/C18H24N2/c1-18(2,3)20-12-14-9-10-15(14)16-8-4-6-13-7-5-11-19-17(13)16/h4-8,11,14-15,20H,9-10,12H2,1-3H3. The fourth-order valence-electron chi connectivity index (χ4n) is 3.09. The molecule has 1 aromatic carbocycles. The molecule has 0 saturated heterocycles. The lowest BCUT2D eigenvalue weighted by Crippen LogP contribution is -2.43. The van der Waals surface area contributed by atoms with Crippen LogP contribution in [0.15, 0.2) is 36.5 Å². The van der Waals surface area contributed by atoms with Crippen LogP contribution in [0.5, 0.6) is 0 Å². The van der Waals surface area contributed by atoms with Crippen LogP contribution in [0, 0.1) is 5.92 Å². The van der Waals surface area contributed by atoms with Gasteiger partial charge in [-0.3, -0.25) is 4.98 Å². The van der Waals surface area contributed by atoms with Crippen LogP contribution in [-0.4, -0.2) is 17.1 Å². The third-order valence-corrected chi connectivity index (χ3v) is 4.38. The van der Waals surface area contributed by atoms with E-state index in [4.69, 9.17) is 0 Å². The molecule has 0 aliphatic heterocycles. The molecule has 1 aliphatic carbocycles. The minimum atomic E-state index is 0.206. The first-order valence-electron chi connectivity index (χ1n) is 7.63. The van der Waals surface area contributed by atoms with Crippen LogP contribution in [0.1, 0.15) is 45.1 Å². The maximum absolute atomic E-state index is 4.61. The van der Waals surface area contributed by atoms with Gasteiger partial charge in [0.2, 0.25) is 0 Å². The van der Waals surface area contributed by atoms with Gasteiger partial charge in [0.25, 0.3) is 0 Å². The Morgan fingerprint density at radius 1 is 1.15 bits per heavy atom. The highest BCUT2D eigenvalue weighted by molar-refractivity contribution is 5.82. The molecule has 3 rings (SSSR count). The Kier molecular flexibility index (Phi) is 3.51. The smallest absolute Gasteiger partial charge is 0.0736 e. The molecule has 0 bridgehead atoms. The predicted molar refractivity (Wildman–Crippen MR) is 85.0 cm³/mol. The Balaban J connectivity index is 1.81. The summed E-state index contributed by atoms with van der Waals surface area (Å²) in [4.78, 5) is 4.61. The maximum Gasteiger partial charge on any atom is 0.0736 e. The molecule has 2 nitrogen and oxygen atoms in total. The summed E-state index contributed by atoms with van der Waals surface area (Å²) in [7, 11) is 0. The first-order valence-corrected chi connectivity index (χ1v) is 7.63. The van der Waals surface area contributed by atoms with E-state index in [0.29, 0.717) is 5.92 Å². The van der Waals surface area contributed by atoms with E-state index < -0.39 is 0 Å². The molecule has 1 fully saturated rings. The molecule has 2 heteroatoms. The van der Waals surface area contributed by atoms with Gasteiger partial charge in [-0.1, -0.05) is 24.3 Å². The molecule has 0 spiro atoms.